The van der Waals surface area contributed by atoms with E-state index in [-0.39, 0.29) is 10.9 Å². The predicted octanol–water partition coefficient (Wildman–Crippen LogP) is 1.75. The SMILES string of the molecule is C[SH](C)C1CC(F)C1. The molecule has 1 aliphatic carbocycles. The van der Waals surface area contributed by atoms with Crippen LogP contribution in [0.15, 0.2) is 0 Å². The van der Waals surface area contributed by atoms with Crippen LogP contribution in [-0.4, -0.2) is 23.9 Å². The molecule has 0 heterocycles. The third-order valence-corrected chi connectivity index (χ3v) is 3.67. The van der Waals surface area contributed by atoms with E-state index in [1.165, 1.54) is 0 Å². The molecule has 1 saturated carbocycles. The summed E-state index contributed by atoms with van der Waals surface area (Å²) >= 11 is 0. The van der Waals surface area contributed by atoms with Crippen molar-refractivity contribution in [1.82, 2.24) is 0 Å². The Bertz CT molecular complexity index is 76.6. The molecular formula is C6H13FS. The molecular weight excluding hydrogens is 123 g/mol. The van der Waals surface area contributed by atoms with E-state index in [2.05, 4.69) is 12.5 Å². The van der Waals surface area contributed by atoms with Gasteiger partial charge in [0.25, 0.3) is 0 Å². The van der Waals surface area contributed by atoms with E-state index in [9.17, 15) is 4.39 Å². The van der Waals surface area contributed by atoms with Crippen LogP contribution in [0.1, 0.15) is 12.8 Å². The molecule has 0 aromatic rings. The fourth-order valence-corrected chi connectivity index (χ4v) is 2.24. The Morgan fingerprint density at radius 1 is 1.38 bits per heavy atom. The minimum atomic E-state index is -0.454. The van der Waals surface area contributed by atoms with Crippen LogP contribution in [-0.2, 0) is 0 Å². The molecule has 0 amide bonds. The Labute approximate surface area is 52.8 Å². The lowest BCUT2D eigenvalue weighted by Crippen LogP contribution is -2.29. The Balaban J connectivity index is 2.15. The van der Waals surface area contributed by atoms with Gasteiger partial charge >= 0.3 is 0 Å². The highest BCUT2D eigenvalue weighted by Crippen LogP contribution is 2.39. The van der Waals surface area contributed by atoms with Crippen LogP contribution in [0.5, 0.6) is 0 Å². The molecule has 0 aromatic carbocycles. The van der Waals surface area contributed by atoms with Gasteiger partial charge in [-0.15, -0.1) is 0 Å². The van der Waals surface area contributed by atoms with Gasteiger partial charge in [-0.2, -0.15) is 0 Å². The second-order valence-corrected chi connectivity index (χ2v) is 5.34. The fourth-order valence-electron chi connectivity index (χ4n) is 0.943. The summed E-state index contributed by atoms with van der Waals surface area (Å²) in [6.07, 6.45) is 5.69. The van der Waals surface area contributed by atoms with Crippen LogP contribution in [0.4, 0.5) is 4.39 Å². The largest absolute Gasteiger partial charge is 0.256 e. The lowest BCUT2D eigenvalue weighted by molar-refractivity contribution is 0.219. The number of rotatable bonds is 1. The molecule has 50 valence electrons. The monoisotopic (exact) mass is 136 g/mol. The number of thiol groups is 1. The van der Waals surface area contributed by atoms with Crippen molar-refractivity contribution < 1.29 is 4.39 Å². The molecule has 0 spiro atoms. The van der Waals surface area contributed by atoms with Crippen LogP contribution in [0.25, 0.3) is 0 Å². The van der Waals surface area contributed by atoms with E-state index in [0.29, 0.717) is 0 Å². The molecule has 2 heteroatoms. The van der Waals surface area contributed by atoms with Gasteiger partial charge in [0.05, 0.1) is 0 Å². The van der Waals surface area contributed by atoms with Gasteiger partial charge in [-0.05, 0) is 30.6 Å². The number of halogens is 1. The Morgan fingerprint density at radius 3 is 2.00 bits per heavy atom. The minimum Gasteiger partial charge on any atom is -0.256 e. The lowest BCUT2D eigenvalue weighted by Gasteiger charge is -2.34. The molecule has 0 unspecified atom stereocenters. The zero-order valence-electron chi connectivity index (χ0n) is 5.39. The second kappa shape index (κ2) is 2.26. The molecule has 0 N–H and O–H groups in total. The van der Waals surface area contributed by atoms with Crippen molar-refractivity contribution in [3.05, 3.63) is 0 Å². The molecule has 8 heavy (non-hydrogen) atoms. The smallest absolute Gasteiger partial charge is 0.102 e. The highest BCUT2D eigenvalue weighted by molar-refractivity contribution is 8.16. The van der Waals surface area contributed by atoms with Crippen molar-refractivity contribution in [2.45, 2.75) is 24.3 Å². The van der Waals surface area contributed by atoms with Crippen LogP contribution >= 0.6 is 10.9 Å². The maximum absolute atomic E-state index is 12.1. The van der Waals surface area contributed by atoms with Crippen molar-refractivity contribution in [1.29, 1.82) is 0 Å². The first-order chi connectivity index (χ1) is 3.70. The molecule has 1 fully saturated rings. The van der Waals surface area contributed by atoms with E-state index < -0.39 is 6.17 Å². The van der Waals surface area contributed by atoms with E-state index >= 15 is 0 Å². The predicted molar refractivity (Wildman–Crippen MR) is 38.8 cm³/mol. The first kappa shape index (κ1) is 6.40. The zero-order valence-corrected chi connectivity index (χ0v) is 6.29. The standard InChI is InChI=1S/C6H13FS/c1-8(2)6-3-5(7)4-6/h5-6,8H,3-4H2,1-2H3. The van der Waals surface area contributed by atoms with Gasteiger partial charge in [-0.1, -0.05) is 0 Å². The normalized spacial score (nSPS) is 38.6. The lowest BCUT2D eigenvalue weighted by atomic mass is 9.97. The third kappa shape index (κ3) is 1.16. The summed E-state index contributed by atoms with van der Waals surface area (Å²) in [5, 5.41) is 0.750. The molecule has 0 nitrogen and oxygen atoms in total. The molecule has 0 aromatic heterocycles. The molecule has 0 radical (unpaired) electrons. The summed E-state index contributed by atoms with van der Waals surface area (Å²) in [6, 6.07) is 0. The zero-order chi connectivity index (χ0) is 6.15. The quantitative estimate of drug-likeness (QED) is 0.522. The maximum Gasteiger partial charge on any atom is 0.102 e. The number of hydrogen-bond donors (Lipinski definition) is 1. The minimum absolute atomic E-state index is 0.158. The molecule has 0 bridgehead atoms. The van der Waals surface area contributed by atoms with Crippen LogP contribution in [0.3, 0.4) is 0 Å². The van der Waals surface area contributed by atoms with Gasteiger partial charge in [0.2, 0.25) is 0 Å². The van der Waals surface area contributed by atoms with Crippen molar-refractivity contribution in [3.8, 4) is 0 Å². The molecule has 0 atom stereocenters. The average molecular weight is 136 g/mol. The Morgan fingerprint density at radius 2 is 1.88 bits per heavy atom. The van der Waals surface area contributed by atoms with Gasteiger partial charge in [-0.3, -0.25) is 10.9 Å². The number of hydrogen-bond acceptors (Lipinski definition) is 0. The van der Waals surface area contributed by atoms with Gasteiger partial charge in [0.1, 0.15) is 6.17 Å². The van der Waals surface area contributed by atoms with Crippen molar-refractivity contribution in [2.75, 3.05) is 12.5 Å². The van der Waals surface area contributed by atoms with Gasteiger partial charge in [-0.25, -0.2) is 4.39 Å². The summed E-state index contributed by atoms with van der Waals surface area (Å²) < 4.78 is 12.1. The first-order valence-corrected chi connectivity index (χ1v) is 5.31. The maximum atomic E-state index is 12.1. The highest BCUT2D eigenvalue weighted by Gasteiger charge is 2.29. The van der Waals surface area contributed by atoms with Gasteiger partial charge in [0.15, 0.2) is 0 Å². The molecule has 0 saturated heterocycles. The summed E-state index contributed by atoms with van der Waals surface area (Å²) in [4.78, 5) is 0. The van der Waals surface area contributed by atoms with Crippen LogP contribution in [0, 0.1) is 0 Å². The summed E-state index contributed by atoms with van der Waals surface area (Å²) in [6.45, 7) is 0. The summed E-state index contributed by atoms with van der Waals surface area (Å²) in [5.41, 5.74) is 0. The Hall–Kier alpha value is 0.280. The van der Waals surface area contributed by atoms with Crippen molar-refractivity contribution in [3.63, 3.8) is 0 Å². The second-order valence-electron chi connectivity index (χ2n) is 2.69. The van der Waals surface area contributed by atoms with Crippen LogP contribution < -0.4 is 0 Å². The fraction of sp³-hybridized carbons (Fsp3) is 1.00. The molecule has 1 aliphatic rings. The average Bonchev–Trinajstić information content (AvgIpc) is 1.57. The third-order valence-electron chi connectivity index (χ3n) is 1.79. The van der Waals surface area contributed by atoms with Gasteiger partial charge in [0, 0.05) is 0 Å². The van der Waals surface area contributed by atoms with E-state index in [1.54, 1.807) is 0 Å². The van der Waals surface area contributed by atoms with Crippen molar-refractivity contribution >= 4 is 10.9 Å². The van der Waals surface area contributed by atoms with E-state index in [4.69, 9.17) is 0 Å². The molecule has 1 rings (SSSR count). The summed E-state index contributed by atoms with van der Waals surface area (Å²) in [7, 11) is 0.158. The molecule has 0 aliphatic heterocycles. The topological polar surface area (TPSA) is 0 Å². The van der Waals surface area contributed by atoms with Crippen molar-refractivity contribution in [2.24, 2.45) is 0 Å². The summed E-state index contributed by atoms with van der Waals surface area (Å²) in [5.74, 6) is 0. The first-order valence-electron chi connectivity index (χ1n) is 3.00. The number of alkyl halides is 1. The Kier molecular flexibility index (Phi) is 1.81. The van der Waals surface area contributed by atoms with E-state index in [0.717, 1.165) is 18.1 Å². The highest BCUT2D eigenvalue weighted by atomic mass is 32.2. The van der Waals surface area contributed by atoms with Crippen LogP contribution in [0.2, 0.25) is 0 Å². The van der Waals surface area contributed by atoms with Gasteiger partial charge < -0.3 is 0 Å². The van der Waals surface area contributed by atoms with E-state index in [1.807, 2.05) is 0 Å².